The Hall–Kier alpha value is -0.890. The smallest absolute Gasteiger partial charge is 0.0312 e. The molecule has 0 amide bonds. The minimum atomic E-state index is 0.718. The predicted octanol–water partition coefficient (Wildman–Crippen LogP) is 2.36. The monoisotopic (exact) mass is 190 g/mol. The van der Waals surface area contributed by atoms with E-state index in [0.717, 1.165) is 18.5 Å². The zero-order chi connectivity index (χ0) is 9.80. The second kappa shape index (κ2) is 4.56. The quantitative estimate of drug-likeness (QED) is 0.791. The maximum Gasteiger partial charge on any atom is 0.0312 e. The standard InChI is InChI=1S/C12H18N2/c1-10-4-2-6-12(10)14-9-11-5-3-7-13-8-11/h3,5,7-8,10,12,14H,2,4,6,9H2,1H3/t10-,12+/m1/s1. The molecule has 0 spiro atoms. The summed E-state index contributed by atoms with van der Waals surface area (Å²) in [5.41, 5.74) is 1.28. The first-order chi connectivity index (χ1) is 6.86. The molecule has 76 valence electrons. The fourth-order valence-electron chi connectivity index (χ4n) is 2.20. The molecule has 1 N–H and O–H groups in total. The summed E-state index contributed by atoms with van der Waals surface area (Å²) in [5, 5.41) is 3.61. The molecule has 1 aromatic rings. The second-order valence-electron chi connectivity index (χ2n) is 4.26. The van der Waals surface area contributed by atoms with Crippen LogP contribution in [0.5, 0.6) is 0 Å². The van der Waals surface area contributed by atoms with E-state index in [9.17, 15) is 0 Å². The third-order valence-corrected chi connectivity index (χ3v) is 3.15. The van der Waals surface area contributed by atoms with Gasteiger partial charge in [-0.2, -0.15) is 0 Å². The van der Waals surface area contributed by atoms with Gasteiger partial charge in [0.05, 0.1) is 0 Å². The normalized spacial score (nSPS) is 26.6. The molecule has 0 unspecified atom stereocenters. The van der Waals surface area contributed by atoms with E-state index in [4.69, 9.17) is 0 Å². The van der Waals surface area contributed by atoms with E-state index < -0.39 is 0 Å². The van der Waals surface area contributed by atoms with Crippen molar-refractivity contribution in [3.63, 3.8) is 0 Å². The molecule has 0 saturated heterocycles. The molecule has 1 aliphatic carbocycles. The largest absolute Gasteiger partial charge is 0.310 e. The van der Waals surface area contributed by atoms with Gasteiger partial charge in [-0.15, -0.1) is 0 Å². The number of rotatable bonds is 3. The third kappa shape index (κ3) is 2.32. The van der Waals surface area contributed by atoms with Crippen LogP contribution in [0.3, 0.4) is 0 Å². The summed E-state index contributed by atoms with van der Waals surface area (Å²) < 4.78 is 0. The fourth-order valence-corrected chi connectivity index (χ4v) is 2.20. The molecule has 0 aliphatic heterocycles. The van der Waals surface area contributed by atoms with Gasteiger partial charge in [-0.1, -0.05) is 19.4 Å². The third-order valence-electron chi connectivity index (χ3n) is 3.15. The van der Waals surface area contributed by atoms with E-state index in [1.165, 1.54) is 24.8 Å². The van der Waals surface area contributed by atoms with Crippen LogP contribution in [0.1, 0.15) is 31.7 Å². The topological polar surface area (TPSA) is 24.9 Å². The molecular formula is C12H18N2. The second-order valence-corrected chi connectivity index (χ2v) is 4.26. The van der Waals surface area contributed by atoms with Crippen molar-refractivity contribution >= 4 is 0 Å². The minimum Gasteiger partial charge on any atom is -0.310 e. The van der Waals surface area contributed by atoms with Gasteiger partial charge in [0.1, 0.15) is 0 Å². The highest BCUT2D eigenvalue weighted by Gasteiger charge is 2.22. The minimum absolute atomic E-state index is 0.718. The Bertz CT molecular complexity index is 271. The molecule has 0 aromatic carbocycles. The zero-order valence-electron chi connectivity index (χ0n) is 8.74. The Balaban J connectivity index is 1.82. The number of nitrogens with one attached hydrogen (secondary N) is 1. The van der Waals surface area contributed by atoms with Crippen LogP contribution >= 0.6 is 0 Å². The maximum atomic E-state index is 4.11. The molecule has 0 bridgehead atoms. The molecule has 1 heterocycles. The summed E-state index contributed by atoms with van der Waals surface area (Å²) >= 11 is 0. The van der Waals surface area contributed by atoms with Crippen LogP contribution in [-0.2, 0) is 6.54 Å². The summed E-state index contributed by atoms with van der Waals surface area (Å²) in [6.45, 7) is 3.30. The van der Waals surface area contributed by atoms with E-state index in [-0.39, 0.29) is 0 Å². The lowest BCUT2D eigenvalue weighted by Crippen LogP contribution is -2.30. The summed E-state index contributed by atoms with van der Waals surface area (Å²) in [6, 6.07) is 4.84. The zero-order valence-corrected chi connectivity index (χ0v) is 8.74. The van der Waals surface area contributed by atoms with Crippen LogP contribution in [0.25, 0.3) is 0 Å². The highest BCUT2D eigenvalue weighted by molar-refractivity contribution is 5.08. The van der Waals surface area contributed by atoms with Crippen molar-refractivity contribution in [3.05, 3.63) is 30.1 Å². The van der Waals surface area contributed by atoms with Gasteiger partial charge in [-0.25, -0.2) is 0 Å². The number of nitrogens with zero attached hydrogens (tertiary/aromatic N) is 1. The first kappa shape index (κ1) is 9.66. The number of hydrogen-bond acceptors (Lipinski definition) is 2. The number of pyridine rings is 1. The summed E-state index contributed by atoms with van der Waals surface area (Å²) in [4.78, 5) is 4.11. The Kier molecular flexibility index (Phi) is 3.14. The molecule has 1 fully saturated rings. The highest BCUT2D eigenvalue weighted by atomic mass is 14.9. The molecule has 2 rings (SSSR count). The van der Waals surface area contributed by atoms with Crippen molar-refractivity contribution in [2.45, 2.75) is 38.8 Å². The Morgan fingerprint density at radius 3 is 3.07 bits per heavy atom. The van der Waals surface area contributed by atoms with Crippen molar-refractivity contribution < 1.29 is 0 Å². The maximum absolute atomic E-state index is 4.11. The van der Waals surface area contributed by atoms with E-state index in [2.05, 4.69) is 23.3 Å². The van der Waals surface area contributed by atoms with Gasteiger partial charge in [-0.3, -0.25) is 4.98 Å². The van der Waals surface area contributed by atoms with Crippen LogP contribution in [0.15, 0.2) is 24.5 Å². The molecule has 2 atom stereocenters. The molecule has 2 heteroatoms. The lowest BCUT2D eigenvalue weighted by atomic mass is 10.1. The van der Waals surface area contributed by atoms with E-state index in [1.54, 1.807) is 0 Å². The number of hydrogen-bond donors (Lipinski definition) is 1. The lowest BCUT2D eigenvalue weighted by Gasteiger charge is -2.16. The molecule has 1 aliphatic rings. The van der Waals surface area contributed by atoms with E-state index in [0.29, 0.717) is 0 Å². The summed E-state index contributed by atoms with van der Waals surface area (Å²) in [5.74, 6) is 0.840. The van der Waals surface area contributed by atoms with Crippen molar-refractivity contribution in [1.82, 2.24) is 10.3 Å². The van der Waals surface area contributed by atoms with Crippen LogP contribution in [-0.4, -0.2) is 11.0 Å². The number of aromatic nitrogens is 1. The van der Waals surface area contributed by atoms with Crippen molar-refractivity contribution in [3.8, 4) is 0 Å². The van der Waals surface area contributed by atoms with Gasteiger partial charge in [0.2, 0.25) is 0 Å². The fraction of sp³-hybridized carbons (Fsp3) is 0.583. The van der Waals surface area contributed by atoms with Gasteiger partial charge in [0, 0.05) is 25.0 Å². The SMILES string of the molecule is C[C@@H]1CCC[C@@H]1NCc1cccnc1. The molecule has 1 saturated carbocycles. The van der Waals surface area contributed by atoms with Gasteiger partial charge >= 0.3 is 0 Å². The van der Waals surface area contributed by atoms with Crippen molar-refractivity contribution in [1.29, 1.82) is 0 Å². The lowest BCUT2D eigenvalue weighted by molar-refractivity contribution is 0.426. The molecule has 0 radical (unpaired) electrons. The summed E-state index contributed by atoms with van der Waals surface area (Å²) in [7, 11) is 0. The average Bonchev–Trinajstić information content (AvgIpc) is 2.63. The Labute approximate surface area is 85.7 Å². The van der Waals surface area contributed by atoms with E-state index in [1.807, 2.05) is 18.5 Å². The highest BCUT2D eigenvalue weighted by Crippen LogP contribution is 2.24. The Morgan fingerprint density at radius 2 is 2.43 bits per heavy atom. The van der Waals surface area contributed by atoms with Crippen LogP contribution < -0.4 is 5.32 Å². The molecular weight excluding hydrogens is 172 g/mol. The predicted molar refractivity (Wildman–Crippen MR) is 57.9 cm³/mol. The average molecular weight is 190 g/mol. The van der Waals surface area contributed by atoms with Gasteiger partial charge in [0.25, 0.3) is 0 Å². The Morgan fingerprint density at radius 1 is 1.50 bits per heavy atom. The molecule has 1 aromatic heterocycles. The van der Waals surface area contributed by atoms with Crippen LogP contribution in [0.4, 0.5) is 0 Å². The van der Waals surface area contributed by atoms with E-state index >= 15 is 0 Å². The summed E-state index contributed by atoms with van der Waals surface area (Å²) in [6.07, 6.45) is 7.85. The van der Waals surface area contributed by atoms with Crippen molar-refractivity contribution in [2.24, 2.45) is 5.92 Å². The van der Waals surface area contributed by atoms with Gasteiger partial charge in [0.15, 0.2) is 0 Å². The van der Waals surface area contributed by atoms with Crippen LogP contribution in [0, 0.1) is 5.92 Å². The molecule has 14 heavy (non-hydrogen) atoms. The van der Waals surface area contributed by atoms with Crippen LogP contribution in [0.2, 0.25) is 0 Å². The molecule has 2 nitrogen and oxygen atoms in total. The van der Waals surface area contributed by atoms with Gasteiger partial charge < -0.3 is 5.32 Å². The first-order valence-electron chi connectivity index (χ1n) is 5.48. The first-order valence-corrected chi connectivity index (χ1v) is 5.48. The van der Waals surface area contributed by atoms with Gasteiger partial charge in [-0.05, 0) is 30.4 Å². The van der Waals surface area contributed by atoms with Crippen molar-refractivity contribution in [2.75, 3.05) is 0 Å².